The molecule has 5 nitrogen and oxygen atoms in total. The Morgan fingerprint density at radius 3 is 2.80 bits per heavy atom. The average molecular weight is 274 g/mol. The minimum Gasteiger partial charge on any atom is -0.472 e. The highest BCUT2D eigenvalue weighted by Gasteiger charge is 2.09. The fourth-order valence-electron chi connectivity index (χ4n) is 2.02. The third kappa shape index (κ3) is 3.73. The normalized spacial score (nSPS) is 10.6. The topological polar surface area (TPSA) is 54.2 Å². The second kappa shape index (κ2) is 6.93. The van der Waals surface area contributed by atoms with E-state index in [-0.39, 0.29) is 0 Å². The molecular weight excluding hydrogens is 252 g/mol. The number of nitrogens with zero attached hydrogens (tertiary/aromatic N) is 3. The van der Waals surface area contributed by atoms with E-state index >= 15 is 0 Å². The fraction of sp³-hybridized carbons (Fsp3) is 0.467. The molecule has 2 aromatic rings. The maximum Gasteiger partial charge on any atom is 0.134 e. The van der Waals surface area contributed by atoms with Gasteiger partial charge in [0.25, 0.3) is 0 Å². The number of anilines is 2. The first-order valence-electron chi connectivity index (χ1n) is 7.07. The van der Waals surface area contributed by atoms with Crippen LogP contribution in [0, 0.1) is 0 Å². The summed E-state index contributed by atoms with van der Waals surface area (Å²) in [5.41, 5.74) is 1.13. The second-order valence-electron chi connectivity index (χ2n) is 4.80. The Hall–Kier alpha value is -2.04. The van der Waals surface area contributed by atoms with Gasteiger partial charge in [0.15, 0.2) is 0 Å². The Bertz CT molecular complexity index is 500. The van der Waals surface area contributed by atoms with Gasteiger partial charge in [0.1, 0.15) is 17.5 Å². The van der Waals surface area contributed by atoms with Gasteiger partial charge < -0.3 is 14.6 Å². The van der Waals surface area contributed by atoms with Crippen LogP contribution in [0.2, 0.25) is 0 Å². The summed E-state index contributed by atoms with van der Waals surface area (Å²) in [5.74, 6) is 2.71. The molecule has 2 rings (SSSR count). The molecule has 20 heavy (non-hydrogen) atoms. The molecule has 0 radical (unpaired) electrons. The summed E-state index contributed by atoms with van der Waals surface area (Å²) in [6.45, 7) is 5.83. The van der Waals surface area contributed by atoms with E-state index in [1.165, 1.54) is 0 Å². The predicted molar refractivity (Wildman–Crippen MR) is 81.0 cm³/mol. The SMILES string of the molecule is CCCc1nc(NCC)cc(N(C)Cc2ccoc2)n1. The lowest BCUT2D eigenvalue weighted by Crippen LogP contribution is -2.19. The van der Waals surface area contributed by atoms with Gasteiger partial charge in [-0.25, -0.2) is 9.97 Å². The van der Waals surface area contributed by atoms with Crippen LogP contribution in [0.25, 0.3) is 0 Å². The molecule has 0 aromatic carbocycles. The smallest absolute Gasteiger partial charge is 0.134 e. The number of aryl methyl sites for hydroxylation is 1. The zero-order valence-corrected chi connectivity index (χ0v) is 12.4. The number of hydrogen-bond acceptors (Lipinski definition) is 5. The van der Waals surface area contributed by atoms with Crippen LogP contribution in [0.4, 0.5) is 11.6 Å². The summed E-state index contributed by atoms with van der Waals surface area (Å²) in [5, 5.41) is 3.26. The van der Waals surface area contributed by atoms with E-state index in [0.29, 0.717) is 0 Å². The maximum atomic E-state index is 5.10. The molecule has 0 aliphatic carbocycles. The second-order valence-corrected chi connectivity index (χ2v) is 4.80. The van der Waals surface area contributed by atoms with Crippen LogP contribution in [0.5, 0.6) is 0 Å². The van der Waals surface area contributed by atoms with Crippen molar-refractivity contribution in [3.8, 4) is 0 Å². The largest absolute Gasteiger partial charge is 0.472 e. The van der Waals surface area contributed by atoms with Crippen LogP contribution >= 0.6 is 0 Å². The van der Waals surface area contributed by atoms with Crippen LogP contribution in [0.1, 0.15) is 31.7 Å². The first-order chi connectivity index (χ1) is 9.72. The van der Waals surface area contributed by atoms with Crippen molar-refractivity contribution in [1.29, 1.82) is 0 Å². The molecule has 2 heterocycles. The molecule has 0 aliphatic rings. The molecule has 0 amide bonds. The summed E-state index contributed by atoms with van der Waals surface area (Å²) in [6.07, 6.45) is 5.39. The lowest BCUT2D eigenvalue weighted by atomic mass is 10.3. The van der Waals surface area contributed by atoms with E-state index in [4.69, 9.17) is 4.42 Å². The standard InChI is InChI=1S/C15H22N4O/c1-4-6-13-17-14(16-5-2)9-15(18-13)19(3)10-12-7-8-20-11-12/h7-9,11H,4-6,10H2,1-3H3,(H,16,17,18). The highest BCUT2D eigenvalue weighted by Crippen LogP contribution is 2.18. The first kappa shape index (κ1) is 14.4. The number of hydrogen-bond donors (Lipinski definition) is 1. The van der Waals surface area contributed by atoms with E-state index < -0.39 is 0 Å². The molecule has 0 unspecified atom stereocenters. The van der Waals surface area contributed by atoms with Crippen molar-refractivity contribution in [2.24, 2.45) is 0 Å². The summed E-state index contributed by atoms with van der Waals surface area (Å²) < 4.78 is 5.10. The van der Waals surface area contributed by atoms with Gasteiger partial charge in [0, 0.05) is 38.2 Å². The van der Waals surface area contributed by atoms with Gasteiger partial charge in [-0.15, -0.1) is 0 Å². The molecule has 1 N–H and O–H groups in total. The molecular formula is C15H22N4O. The van der Waals surface area contributed by atoms with E-state index in [9.17, 15) is 0 Å². The van der Waals surface area contributed by atoms with Crippen LogP contribution in [0.15, 0.2) is 29.1 Å². The molecule has 0 saturated carbocycles. The molecule has 2 aromatic heterocycles. The Kier molecular flexibility index (Phi) is 4.98. The van der Waals surface area contributed by atoms with Gasteiger partial charge in [-0.3, -0.25) is 0 Å². The first-order valence-corrected chi connectivity index (χ1v) is 7.07. The number of furan rings is 1. The van der Waals surface area contributed by atoms with Crippen LogP contribution in [-0.2, 0) is 13.0 Å². The number of nitrogens with one attached hydrogen (secondary N) is 1. The highest BCUT2D eigenvalue weighted by atomic mass is 16.3. The Morgan fingerprint density at radius 1 is 1.30 bits per heavy atom. The third-order valence-corrected chi connectivity index (χ3v) is 2.98. The fourth-order valence-corrected chi connectivity index (χ4v) is 2.02. The molecule has 0 spiro atoms. The molecule has 0 fully saturated rings. The monoisotopic (exact) mass is 274 g/mol. The van der Waals surface area contributed by atoms with Crippen molar-refractivity contribution >= 4 is 11.6 Å². The average Bonchev–Trinajstić information content (AvgIpc) is 2.92. The third-order valence-electron chi connectivity index (χ3n) is 2.98. The minimum atomic E-state index is 0.768. The number of rotatable bonds is 7. The van der Waals surface area contributed by atoms with Crippen molar-refractivity contribution in [2.75, 3.05) is 23.8 Å². The van der Waals surface area contributed by atoms with Crippen LogP contribution in [-0.4, -0.2) is 23.6 Å². The van der Waals surface area contributed by atoms with Crippen molar-refractivity contribution in [3.05, 3.63) is 36.0 Å². The molecule has 0 saturated heterocycles. The molecule has 0 aliphatic heterocycles. The summed E-state index contributed by atoms with van der Waals surface area (Å²) >= 11 is 0. The molecule has 0 atom stereocenters. The Balaban J connectivity index is 2.19. The molecule has 5 heteroatoms. The van der Waals surface area contributed by atoms with Crippen molar-refractivity contribution < 1.29 is 4.42 Å². The highest BCUT2D eigenvalue weighted by molar-refractivity contribution is 5.49. The summed E-state index contributed by atoms with van der Waals surface area (Å²) in [6, 6.07) is 3.96. The lowest BCUT2D eigenvalue weighted by Gasteiger charge is -2.19. The summed E-state index contributed by atoms with van der Waals surface area (Å²) in [7, 11) is 2.03. The van der Waals surface area contributed by atoms with Crippen LogP contribution < -0.4 is 10.2 Å². The molecule has 0 bridgehead atoms. The van der Waals surface area contributed by atoms with Crippen molar-refractivity contribution in [2.45, 2.75) is 33.2 Å². The summed E-state index contributed by atoms with van der Waals surface area (Å²) in [4.78, 5) is 11.3. The van der Waals surface area contributed by atoms with Gasteiger partial charge in [-0.05, 0) is 19.4 Å². The van der Waals surface area contributed by atoms with Crippen molar-refractivity contribution in [3.63, 3.8) is 0 Å². The Labute approximate surface area is 120 Å². The van der Waals surface area contributed by atoms with Gasteiger partial charge >= 0.3 is 0 Å². The van der Waals surface area contributed by atoms with Gasteiger partial charge in [-0.2, -0.15) is 0 Å². The number of aromatic nitrogens is 2. The van der Waals surface area contributed by atoms with E-state index in [0.717, 1.165) is 49.0 Å². The zero-order valence-electron chi connectivity index (χ0n) is 12.4. The quantitative estimate of drug-likeness (QED) is 0.841. The van der Waals surface area contributed by atoms with Crippen LogP contribution in [0.3, 0.4) is 0 Å². The lowest BCUT2D eigenvalue weighted by molar-refractivity contribution is 0.563. The maximum absolute atomic E-state index is 5.10. The van der Waals surface area contributed by atoms with E-state index in [2.05, 4.69) is 34.0 Å². The van der Waals surface area contributed by atoms with Gasteiger partial charge in [0.05, 0.1) is 12.5 Å². The Morgan fingerprint density at radius 2 is 2.15 bits per heavy atom. The van der Waals surface area contributed by atoms with Gasteiger partial charge in [0.2, 0.25) is 0 Å². The zero-order chi connectivity index (χ0) is 14.4. The van der Waals surface area contributed by atoms with Crippen molar-refractivity contribution in [1.82, 2.24) is 9.97 Å². The van der Waals surface area contributed by atoms with E-state index in [1.54, 1.807) is 12.5 Å². The molecule has 108 valence electrons. The predicted octanol–water partition coefficient (Wildman–Crippen LogP) is 3.09. The minimum absolute atomic E-state index is 0.768. The van der Waals surface area contributed by atoms with Gasteiger partial charge in [-0.1, -0.05) is 6.92 Å². The van der Waals surface area contributed by atoms with E-state index in [1.807, 2.05) is 19.2 Å².